The summed E-state index contributed by atoms with van der Waals surface area (Å²) in [6, 6.07) is 6.89. The molecule has 0 fully saturated rings. The highest BCUT2D eigenvalue weighted by molar-refractivity contribution is 5.26. The van der Waals surface area contributed by atoms with E-state index >= 15 is 0 Å². The maximum atomic E-state index is 13.2. The van der Waals surface area contributed by atoms with Crippen LogP contribution in [0.15, 0.2) is 30.5 Å². The number of aryl methyl sites for hydroxylation is 1. The van der Waals surface area contributed by atoms with Gasteiger partial charge in [0.25, 0.3) is 0 Å². The van der Waals surface area contributed by atoms with E-state index in [9.17, 15) is 9.50 Å². The molecule has 0 aliphatic carbocycles. The second-order valence-electron chi connectivity index (χ2n) is 5.11. The zero-order valence-corrected chi connectivity index (χ0v) is 11.5. The maximum Gasteiger partial charge on any atom is 0.126 e. The fourth-order valence-corrected chi connectivity index (χ4v) is 1.96. The van der Waals surface area contributed by atoms with Gasteiger partial charge in [-0.3, -0.25) is 4.68 Å². The van der Waals surface area contributed by atoms with Gasteiger partial charge in [0.1, 0.15) is 5.82 Å². The Morgan fingerprint density at radius 2 is 2.05 bits per heavy atom. The molecule has 0 spiro atoms. The Balaban J connectivity index is 2.11. The van der Waals surface area contributed by atoms with Crippen molar-refractivity contribution >= 4 is 0 Å². The lowest BCUT2D eigenvalue weighted by Crippen LogP contribution is -2.06. The van der Waals surface area contributed by atoms with Gasteiger partial charge < -0.3 is 5.11 Å². The minimum absolute atomic E-state index is 0.250. The van der Waals surface area contributed by atoms with Gasteiger partial charge in [-0.15, -0.1) is 0 Å². The van der Waals surface area contributed by atoms with Crippen LogP contribution in [0.5, 0.6) is 0 Å². The zero-order valence-electron chi connectivity index (χ0n) is 11.5. The summed E-state index contributed by atoms with van der Waals surface area (Å²) in [6.45, 7) is 5.80. The van der Waals surface area contributed by atoms with Gasteiger partial charge in [0.15, 0.2) is 0 Å². The standard InChI is InChI=1S/C15H19FN2O/c1-10(2)18-7-6-13(17-18)9-15(19)12-4-5-14(16)11(3)8-12/h4-8,10,15,19H,9H2,1-3H3. The third kappa shape index (κ3) is 3.20. The Kier molecular flexibility index (Phi) is 4.00. The van der Waals surface area contributed by atoms with E-state index in [1.54, 1.807) is 19.1 Å². The van der Waals surface area contributed by atoms with Gasteiger partial charge in [-0.2, -0.15) is 5.10 Å². The molecule has 1 aromatic heterocycles. The largest absolute Gasteiger partial charge is 0.388 e. The van der Waals surface area contributed by atoms with Crippen molar-refractivity contribution in [2.24, 2.45) is 0 Å². The van der Waals surface area contributed by atoms with Crippen LogP contribution in [0, 0.1) is 12.7 Å². The zero-order chi connectivity index (χ0) is 14.0. The van der Waals surface area contributed by atoms with Crippen LogP contribution >= 0.6 is 0 Å². The normalized spacial score (nSPS) is 12.9. The number of aliphatic hydroxyl groups is 1. The molecule has 0 aliphatic rings. The van der Waals surface area contributed by atoms with Crippen LogP contribution in [0.3, 0.4) is 0 Å². The van der Waals surface area contributed by atoms with Gasteiger partial charge >= 0.3 is 0 Å². The van der Waals surface area contributed by atoms with E-state index in [0.29, 0.717) is 18.0 Å². The highest BCUT2D eigenvalue weighted by atomic mass is 19.1. The summed E-state index contributed by atoms with van der Waals surface area (Å²) in [7, 11) is 0. The molecule has 1 aromatic carbocycles. The first-order valence-corrected chi connectivity index (χ1v) is 6.45. The summed E-state index contributed by atoms with van der Waals surface area (Å²) in [6.07, 6.45) is 1.68. The van der Waals surface area contributed by atoms with E-state index in [1.807, 2.05) is 16.9 Å². The van der Waals surface area contributed by atoms with Gasteiger partial charge in [0.05, 0.1) is 11.8 Å². The summed E-state index contributed by atoms with van der Waals surface area (Å²) in [5, 5.41) is 14.6. The molecule has 0 aliphatic heterocycles. The smallest absolute Gasteiger partial charge is 0.126 e. The van der Waals surface area contributed by atoms with Crippen LogP contribution in [0.1, 0.15) is 42.8 Å². The van der Waals surface area contributed by atoms with Crippen molar-refractivity contribution in [1.82, 2.24) is 9.78 Å². The van der Waals surface area contributed by atoms with Crippen molar-refractivity contribution in [1.29, 1.82) is 0 Å². The van der Waals surface area contributed by atoms with Crippen LogP contribution in [0.2, 0.25) is 0 Å². The molecule has 0 radical (unpaired) electrons. The van der Waals surface area contributed by atoms with Crippen LogP contribution in [0.4, 0.5) is 4.39 Å². The lowest BCUT2D eigenvalue weighted by atomic mass is 10.0. The van der Waals surface area contributed by atoms with E-state index < -0.39 is 6.10 Å². The Bertz CT molecular complexity index is 563. The molecule has 2 aromatic rings. The molecule has 1 heterocycles. The van der Waals surface area contributed by atoms with Gasteiger partial charge in [-0.05, 0) is 44.0 Å². The molecule has 1 N–H and O–H groups in total. The number of nitrogens with zero attached hydrogens (tertiary/aromatic N) is 2. The second-order valence-corrected chi connectivity index (χ2v) is 5.11. The summed E-state index contributed by atoms with van der Waals surface area (Å²) in [5.74, 6) is -0.250. The Hall–Kier alpha value is -1.68. The first-order chi connectivity index (χ1) is 8.97. The minimum Gasteiger partial charge on any atom is -0.388 e. The topological polar surface area (TPSA) is 38.0 Å². The van der Waals surface area contributed by atoms with Crippen molar-refractivity contribution in [3.05, 3.63) is 53.1 Å². The summed E-state index contributed by atoms with van der Waals surface area (Å²) < 4.78 is 15.0. The lowest BCUT2D eigenvalue weighted by molar-refractivity contribution is 0.176. The molecule has 19 heavy (non-hydrogen) atoms. The van der Waals surface area contributed by atoms with Crippen molar-refractivity contribution in [3.63, 3.8) is 0 Å². The molecule has 2 rings (SSSR count). The van der Waals surface area contributed by atoms with Gasteiger partial charge in [-0.1, -0.05) is 12.1 Å². The minimum atomic E-state index is -0.658. The molecule has 1 unspecified atom stereocenters. The summed E-state index contributed by atoms with van der Waals surface area (Å²) >= 11 is 0. The molecule has 0 amide bonds. The van der Waals surface area contributed by atoms with Crippen LogP contribution < -0.4 is 0 Å². The predicted molar refractivity (Wildman–Crippen MR) is 72.4 cm³/mol. The van der Waals surface area contributed by atoms with Gasteiger partial charge in [0, 0.05) is 18.7 Å². The molecule has 0 saturated heterocycles. The number of hydrogen-bond donors (Lipinski definition) is 1. The number of rotatable bonds is 4. The van der Waals surface area contributed by atoms with E-state index in [0.717, 1.165) is 11.3 Å². The van der Waals surface area contributed by atoms with E-state index in [2.05, 4.69) is 18.9 Å². The number of benzene rings is 1. The van der Waals surface area contributed by atoms with Crippen molar-refractivity contribution in [3.8, 4) is 0 Å². The summed E-state index contributed by atoms with van der Waals surface area (Å²) in [5.41, 5.74) is 2.10. The Morgan fingerprint density at radius 1 is 1.32 bits per heavy atom. The van der Waals surface area contributed by atoms with Crippen LogP contribution in [-0.2, 0) is 6.42 Å². The van der Waals surface area contributed by atoms with Crippen LogP contribution in [0.25, 0.3) is 0 Å². The number of hydrogen-bond acceptors (Lipinski definition) is 2. The Morgan fingerprint density at radius 3 is 2.63 bits per heavy atom. The first-order valence-electron chi connectivity index (χ1n) is 6.45. The Labute approximate surface area is 112 Å². The van der Waals surface area contributed by atoms with Gasteiger partial charge in [0.2, 0.25) is 0 Å². The van der Waals surface area contributed by atoms with E-state index in [1.165, 1.54) is 6.07 Å². The number of aromatic nitrogens is 2. The molecular weight excluding hydrogens is 243 g/mol. The highest BCUT2D eigenvalue weighted by Gasteiger charge is 2.12. The molecule has 3 nitrogen and oxygen atoms in total. The summed E-state index contributed by atoms with van der Waals surface area (Å²) in [4.78, 5) is 0. The SMILES string of the molecule is Cc1cc(C(O)Cc2ccn(C(C)C)n2)ccc1F. The van der Waals surface area contributed by atoms with Crippen molar-refractivity contribution < 1.29 is 9.50 Å². The number of halogens is 1. The molecule has 102 valence electrons. The highest BCUT2D eigenvalue weighted by Crippen LogP contribution is 2.20. The average Bonchev–Trinajstić information content (AvgIpc) is 2.81. The first kappa shape index (κ1) is 13.7. The maximum absolute atomic E-state index is 13.2. The molecule has 0 bridgehead atoms. The monoisotopic (exact) mass is 262 g/mol. The quantitative estimate of drug-likeness (QED) is 0.919. The van der Waals surface area contributed by atoms with Crippen molar-refractivity contribution in [2.75, 3.05) is 0 Å². The van der Waals surface area contributed by atoms with Crippen LogP contribution in [-0.4, -0.2) is 14.9 Å². The van der Waals surface area contributed by atoms with Gasteiger partial charge in [-0.25, -0.2) is 4.39 Å². The lowest BCUT2D eigenvalue weighted by Gasteiger charge is -2.11. The van der Waals surface area contributed by atoms with E-state index in [4.69, 9.17) is 0 Å². The molecule has 0 saturated carbocycles. The fraction of sp³-hybridized carbons (Fsp3) is 0.400. The third-order valence-corrected chi connectivity index (χ3v) is 3.16. The molecule has 4 heteroatoms. The van der Waals surface area contributed by atoms with E-state index in [-0.39, 0.29) is 5.82 Å². The average molecular weight is 262 g/mol. The second kappa shape index (κ2) is 5.53. The number of aliphatic hydroxyl groups excluding tert-OH is 1. The fourth-order valence-electron chi connectivity index (χ4n) is 1.96. The predicted octanol–water partition coefficient (Wildman–Crippen LogP) is 3.19. The molecular formula is C15H19FN2O. The third-order valence-electron chi connectivity index (χ3n) is 3.16. The van der Waals surface area contributed by atoms with Crippen molar-refractivity contribution in [2.45, 2.75) is 39.3 Å². The molecule has 1 atom stereocenters.